The number of aromatic nitrogens is 3. The van der Waals surface area contributed by atoms with Crippen molar-refractivity contribution in [2.45, 2.75) is 33.3 Å². The Balaban J connectivity index is 0.000000371. The number of hydrogen-bond acceptors (Lipinski definition) is 7. The number of anilines is 1. The van der Waals surface area contributed by atoms with Crippen molar-refractivity contribution in [3.63, 3.8) is 0 Å². The maximum atomic E-state index is 12.2. The summed E-state index contributed by atoms with van der Waals surface area (Å²) in [5, 5.41) is 0.912. The first-order valence-corrected chi connectivity index (χ1v) is 11.5. The minimum absolute atomic E-state index is 0.150. The molecule has 0 spiro atoms. The van der Waals surface area contributed by atoms with Crippen LogP contribution in [0, 0.1) is 59.7 Å². The summed E-state index contributed by atoms with van der Waals surface area (Å²) in [6, 6.07) is 0. The van der Waals surface area contributed by atoms with Crippen LogP contribution < -0.4 is 9.64 Å². The summed E-state index contributed by atoms with van der Waals surface area (Å²) >= 11 is 6.09. The number of terminal acetylenes is 1. The molecule has 1 aliphatic heterocycles. The normalized spacial score (nSPS) is 11.8. The molecular formula is C28H26ClN5O3. The van der Waals surface area contributed by atoms with E-state index in [4.69, 9.17) is 27.5 Å². The van der Waals surface area contributed by atoms with E-state index < -0.39 is 5.60 Å². The molecule has 2 aromatic heterocycles. The average molecular weight is 516 g/mol. The van der Waals surface area contributed by atoms with E-state index in [-0.39, 0.29) is 11.4 Å². The van der Waals surface area contributed by atoms with Crippen molar-refractivity contribution in [1.82, 2.24) is 19.9 Å². The summed E-state index contributed by atoms with van der Waals surface area (Å²) in [6.07, 6.45) is 7.80. The van der Waals surface area contributed by atoms with Crippen molar-refractivity contribution in [2.24, 2.45) is 0 Å². The lowest BCUT2D eigenvalue weighted by molar-refractivity contribution is 0.0240. The van der Waals surface area contributed by atoms with Gasteiger partial charge in [-0.15, -0.1) is 6.42 Å². The molecule has 2 aromatic rings. The number of carbonyl (C=O) groups excluding carboxylic acids is 1. The van der Waals surface area contributed by atoms with Crippen LogP contribution >= 0.6 is 11.6 Å². The fraction of sp³-hybridized carbons (Fsp3) is 0.357. The first kappa shape index (κ1) is 28.7. The second-order valence-corrected chi connectivity index (χ2v) is 8.61. The van der Waals surface area contributed by atoms with Gasteiger partial charge in [-0.05, 0) is 86.7 Å². The highest BCUT2D eigenvalue weighted by molar-refractivity contribution is 6.29. The third-order valence-electron chi connectivity index (χ3n) is 4.55. The van der Waals surface area contributed by atoms with Crippen molar-refractivity contribution in [3.05, 3.63) is 17.7 Å². The van der Waals surface area contributed by atoms with Crippen LogP contribution in [-0.4, -0.2) is 64.8 Å². The highest BCUT2D eigenvalue weighted by atomic mass is 35.5. The SMILES string of the molecule is C#CC#CC#CC#CC#CC.COc1cncc2nc(Cl)nc(N3CCN(C(=O)OC(C)(C)C)CC3)c12. The minimum Gasteiger partial charge on any atom is -0.494 e. The van der Waals surface area contributed by atoms with Gasteiger partial charge in [-0.1, -0.05) is 5.92 Å². The molecule has 0 saturated carbocycles. The Kier molecular flexibility index (Phi) is 10.9. The lowest BCUT2D eigenvalue weighted by atomic mass is 10.2. The van der Waals surface area contributed by atoms with Gasteiger partial charge >= 0.3 is 6.09 Å². The van der Waals surface area contributed by atoms with Gasteiger partial charge in [0.2, 0.25) is 5.28 Å². The molecule has 0 radical (unpaired) electrons. The number of amides is 1. The zero-order valence-corrected chi connectivity index (χ0v) is 22.2. The third-order valence-corrected chi connectivity index (χ3v) is 4.72. The molecule has 1 amide bonds. The lowest BCUT2D eigenvalue weighted by Crippen LogP contribution is -2.50. The minimum atomic E-state index is -0.509. The Labute approximate surface area is 223 Å². The van der Waals surface area contributed by atoms with Gasteiger partial charge in [0, 0.05) is 26.2 Å². The molecule has 37 heavy (non-hydrogen) atoms. The first-order valence-electron chi connectivity index (χ1n) is 11.2. The number of methoxy groups -OCH3 is 1. The van der Waals surface area contributed by atoms with Gasteiger partial charge in [0.1, 0.15) is 17.2 Å². The molecule has 3 heterocycles. The third kappa shape index (κ3) is 9.20. The number of pyridine rings is 1. The van der Waals surface area contributed by atoms with Crippen molar-refractivity contribution >= 4 is 34.4 Å². The van der Waals surface area contributed by atoms with Crippen molar-refractivity contribution in [3.8, 4) is 65.5 Å². The van der Waals surface area contributed by atoms with Crippen LogP contribution in [0.15, 0.2) is 12.4 Å². The van der Waals surface area contributed by atoms with Crippen LogP contribution in [0.1, 0.15) is 27.7 Å². The van der Waals surface area contributed by atoms with Crippen LogP contribution in [-0.2, 0) is 4.74 Å². The Morgan fingerprint density at radius 3 is 2.19 bits per heavy atom. The van der Waals surface area contributed by atoms with E-state index in [9.17, 15) is 4.79 Å². The second-order valence-electron chi connectivity index (χ2n) is 8.28. The molecule has 1 saturated heterocycles. The van der Waals surface area contributed by atoms with Crippen molar-refractivity contribution in [2.75, 3.05) is 38.2 Å². The number of halogens is 1. The van der Waals surface area contributed by atoms with Gasteiger partial charge in [-0.25, -0.2) is 9.78 Å². The predicted molar refractivity (Wildman–Crippen MR) is 145 cm³/mol. The van der Waals surface area contributed by atoms with E-state index >= 15 is 0 Å². The first-order chi connectivity index (χ1) is 17.7. The molecule has 0 aliphatic carbocycles. The van der Waals surface area contributed by atoms with E-state index in [2.05, 4.69) is 73.1 Å². The number of piperazine rings is 1. The van der Waals surface area contributed by atoms with Crippen molar-refractivity contribution < 1.29 is 14.3 Å². The molecule has 1 aliphatic rings. The number of fused-ring (bicyclic) bond motifs is 1. The maximum Gasteiger partial charge on any atom is 0.410 e. The lowest BCUT2D eigenvalue weighted by Gasteiger charge is -2.36. The average Bonchev–Trinajstić information content (AvgIpc) is 2.86. The Morgan fingerprint density at radius 2 is 1.62 bits per heavy atom. The summed E-state index contributed by atoms with van der Waals surface area (Å²) in [4.78, 5) is 28.7. The van der Waals surface area contributed by atoms with E-state index in [1.165, 1.54) is 0 Å². The second kappa shape index (κ2) is 14.1. The molecular weight excluding hydrogens is 490 g/mol. The smallest absolute Gasteiger partial charge is 0.410 e. The number of ether oxygens (including phenoxy) is 2. The van der Waals surface area contributed by atoms with Gasteiger partial charge in [0.25, 0.3) is 0 Å². The molecule has 9 heteroatoms. The summed E-state index contributed by atoms with van der Waals surface area (Å²) in [7, 11) is 1.58. The monoisotopic (exact) mass is 515 g/mol. The zero-order chi connectivity index (χ0) is 27.3. The van der Waals surface area contributed by atoms with Crippen LogP contribution in [0.5, 0.6) is 5.75 Å². The van der Waals surface area contributed by atoms with Gasteiger partial charge in [-0.3, -0.25) is 4.98 Å². The molecule has 0 unspecified atom stereocenters. The summed E-state index contributed by atoms with van der Waals surface area (Å²) in [5.41, 5.74) is 0.110. The highest BCUT2D eigenvalue weighted by Crippen LogP contribution is 2.33. The molecule has 1 fully saturated rings. The molecule has 0 N–H and O–H groups in total. The maximum absolute atomic E-state index is 12.2. The van der Waals surface area contributed by atoms with Crippen molar-refractivity contribution in [1.29, 1.82) is 0 Å². The van der Waals surface area contributed by atoms with Crippen LogP contribution in [0.2, 0.25) is 5.28 Å². The zero-order valence-electron chi connectivity index (χ0n) is 21.4. The van der Waals surface area contributed by atoms with E-state index in [1.807, 2.05) is 20.8 Å². The topological polar surface area (TPSA) is 80.7 Å². The quantitative estimate of drug-likeness (QED) is 0.448. The fourth-order valence-corrected chi connectivity index (χ4v) is 3.24. The molecule has 3 rings (SSSR count). The highest BCUT2D eigenvalue weighted by Gasteiger charge is 2.28. The predicted octanol–water partition coefficient (Wildman–Crippen LogP) is 3.40. The molecule has 0 aromatic carbocycles. The van der Waals surface area contributed by atoms with E-state index in [0.29, 0.717) is 43.3 Å². The Hall–Kier alpha value is -4.55. The van der Waals surface area contributed by atoms with E-state index in [0.717, 1.165) is 5.39 Å². The van der Waals surface area contributed by atoms with Gasteiger partial charge in [-0.2, -0.15) is 4.98 Å². The molecule has 0 atom stereocenters. The number of rotatable bonds is 2. The van der Waals surface area contributed by atoms with Gasteiger partial charge in [0.05, 0.1) is 30.4 Å². The van der Waals surface area contributed by atoms with E-state index in [1.54, 1.807) is 31.3 Å². The number of hydrogen-bond donors (Lipinski definition) is 0. The number of nitrogens with zero attached hydrogens (tertiary/aromatic N) is 5. The Bertz CT molecular complexity index is 1420. The largest absolute Gasteiger partial charge is 0.494 e. The summed E-state index contributed by atoms with van der Waals surface area (Å²) < 4.78 is 10.9. The van der Waals surface area contributed by atoms with Gasteiger partial charge in [0.15, 0.2) is 0 Å². The Morgan fingerprint density at radius 1 is 1.00 bits per heavy atom. The summed E-state index contributed by atoms with van der Waals surface area (Å²) in [6.45, 7) is 9.56. The summed E-state index contributed by atoms with van der Waals surface area (Å²) in [5.74, 6) is 23.2. The number of carbonyl (C=O) groups is 1. The van der Waals surface area contributed by atoms with Gasteiger partial charge < -0.3 is 19.3 Å². The standard InChI is InChI=1S/C17H22ClN5O3.C11H4/c1-17(2,3)26-16(24)23-7-5-22(6-8-23)14-13-11(20-15(18)21-14)9-19-10-12(13)25-4;1-3-5-7-9-11-10-8-6-4-2/h9-10H,5-8H2,1-4H3;1H,2H3. The fourth-order valence-electron chi connectivity index (χ4n) is 3.07. The van der Waals surface area contributed by atoms with Crippen LogP contribution in [0.4, 0.5) is 10.6 Å². The van der Waals surface area contributed by atoms with Crippen LogP contribution in [0.25, 0.3) is 10.9 Å². The molecule has 188 valence electrons. The van der Waals surface area contributed by atoms with Crippen LogP contribution in [0.3, 0.4) is 0 Å². The molecule has 0 bridgehead atoms. The molecule has 8 nitrogen and oxygen atoms in total.